The number of rotatable bonds is 4. The van der Waals surface area contributed by atoms with Crippen molar-refractivity contribution in [2.45, 2.75) is 26.3 Å². The third kappa shape index (κ3) is 3.61. The van der Waals surface area contributed by atoms with E-state index in [4.69, 9.17) is 4.52 Å². The molecule has 10 heteroatoms. The zero-order chi connectivity index (χ0) is 19.0. The molecular weight excluding hydrogens is 352 g/mol. The Hall–Kier alpha value is -3.01. The second-order valence-electron chi connectivity index (χ2n) is 6.80. The number of fused-ring (bicyclic) bond motifs is 1. The van der Waals surface area contributed by atoms with Crippen molar-refractivity contribution in [3.63, 3.8) is 0 Å². The number of nitro groups is 1. The van der Waals surface area contributed by atoms with Crippen molar-refractivity contribution in [2.75, 3.05) is 36.4 Å². The number of nitrogens with one attached hydrogen (secondary N) is 1. The maximum atomic E-state index is 11.7. The lowest BCUT2D eigenvalue weighted by molar-refractivity contribution is -0.384. The number of nitro benzene ring substituents is 1. The SMILES string of the molecule is Cc1nc(CN2CCN(c3cc4c(cc3[N+](=O)[O-])CCC(=O)N4)CC2)no1. The van der Waals surface area contributed by atoms with E-state index in [1.54, 1.807) is 19.1 Å². The Bertz CT molecular complexity index is 888. The number of piperazine rings is 1. The number of aromatic nitrogens is 2. The molecule has 2 aliphatic heterocycles. The number of aryl methyl sites for hydroxylation is 2. The van der Waals surface area contributed by atoms with E-state index in [1.165, 1.54) is 0 Å². The van der Waals surface area contributed by atoms with Gasteiger partial charge in [0.2, 0.25) is 11.8 Å². The average Bonchev–Trinajstić information content (AvgIpc) is 3.06. The van der Waals surface area contributed by atoms with Crippen LogP contribution in [-0.4, -0.2) is 52.1 Å². The van der Waals surface area contributed by atoms with Gasteiger partial charge in [-0.15, -0.1) is 0 Å². The van der Waals surface area contributed by atoms with Crippen LogP contribution < -0.4 is 10.2 Å². The van der Waals surface area contributed by atoms with Gasteiger partial charge in [0, 0.05) is 51.3 Å². The highest BCUT2D eigenvalue weighted by molar-refractivity contribution is 5.95. The maximum absolute atomic E-state index is 11.7. The van der Waals surface area contributed by atoms with E-state index in [9.17, 15) is 14.9 Å². The molecule has 3 heterocycles. The fourth-order valence-corrected chi connectivity index (χ4v) is 3.56. The van der Waals surface area contributed by atoms with E-state index in [0.717, 1.165) is 18.7 Å². The quantitative estimate of drug-likeness (QED) is 0.634. The van der Waals surface area contributed by atoms with Crippen LogP contribution in [0.25, 0.3) is 0 Å². The third-order valence-corrected chi connectivity index (χ3v) is 4.94. The van der Waals surface area contributed by atoms with Gasteiger partial charge in [0.1, 0.15) is 5.69 Å². The summed E-state index contributed by atoms with van der Waals surface area (Å²) in [6.45, 7) is 5.09. The number of hydrogen-bond acceptors (Lipinski definition) is 8. The Morgan fingerprint density at radius 1 is 1.26 bits per heavy atom. The number of carbonyl (C=O) groups excluding carboxylic acids is 1. The summed E-state index contributed by atoms with van der Waals surface area (Å²) < 4.78 is 4.99. The van der Waals surface area contributed by atoms with Gasteiger partial charge in [0.05, 0.1) is 11.5 Å². The molecular formula is C17H20N6O4. The number of anilines is 2. The van der Waals surface area contributed by atoms with Crippen molar-refractivity contribution in [3.8, 4) is 0 Å². The third-order valence-electron chi connectivity index (χ3n) is 4.94. The van der Waals surface area contributed by atoms with Crippen LogP contribution in [0.15, 0.2) is 16.7 Å². The molecule has 0 spiro atoms. The second-order valence-corrected chi connectivity index (χ2v) is 6.80. The second kappa shape index (κ2) is 6.95. The first-order valence-electron chi connectivity index (χ1n) is 8.87. The van der Waals surface area contributed by atoms with Gasteiger partial charge in [-0.2, -0.15) is 4.98 Å². The van der Waals surface area contributed by atoms with E-state index in [-0.39, 0.29) is 16.5 Å². The summed E-state index contributed by atoms with van der Waals surface area (Å²) in [6, 6.07) is 3.33. The molecule has 0 aliphatic carbocycles. The predicted octanol–water partition coefficient (Wildman–Crippen LogP) is 1.49. The molecule has 0 bridgehead atoms. The number of carbonyl (C=O) groups is 1. The number of hydrogen-bond donors (Lipinski definition) is 1. The van der Waals surface area contributed by atoms with E-state index in [1.807, 2.05) is 4.90 Å². The van der Waals surface area contributed by atoms with Crippen LogP contribution in [0.2, 0.25) is 0 Å². The topological polar surface area (TPSA) is 118 Å². The van der Waals surface area contributed by atoms with Crippen LogP contribution in [0.4, 0.5) is 17.1 Å². The van der Waals surface area contributed by atoms with Gasteiger partial charge < -0.3 is 14.7 Å². The molecule has 1 fully saturated rings. The Kier molecular flexibility index (Phi) is 4.48. The first-order chi connectivity index (χ1) is 13.0. The smallest absolute Gasteiger partial charge is 0.292 e. The summed E-state index contributed by atoms with van der Waals surface area (Å²) >= 11 is 0. The van der Waals surface area contributed by atoms with Crippen LogP contribution in [-0.2, 0) is 17.8 Å². The molecule has 0 saturated carbocycles. The summed E-state index contributed by atoms with van der Waals surface area (Å²) in [6.07, 6.45) is 0.887. The van der Waals surface area contributed by atoms with E-state index < -0.39 is 0 Å². The molecule has 1 N–H and O–H groups in total. The average molecular weight is 372 g/mol. The van der Waals surface area contributed by atoms with Crippen molar-refractivity contribution in [2.24, 2.45) is 0 Å². The Balaban J connectivity index is 1.51. The summed E-state index contributed by atoms with van der Waals surface area (Å²) in [5, 5.41) is 18.3. The molecule has 1 amide bonds. The van der Waals surface area contributed by atoms with Crippen molar-refractivity contribution < 1.29 is 14.2 Å². The van der Waals surface area contributed by atoms with Gasteiger partial charge in [-0.05, 0) is 18.1 Å². The van der Waals surface area contributed by atoms with E-state index in [0.29, 0.717) is 55.6 Å². The number of nitrogens with zero attached hydrogens (tertiary/aromatic N) is 5. The molecule has 142 valence electrons. The first-order valence-corrected chi connectivity index (χ1v) is 8.87. The minimum atomic E-state index is -0.347. The monoisotopic (exact) mass is 372 g/mol. The zero-order valence-electron chi connectivity index (χ0n) is 15.0. The minimum Gasteiger partial charge on any atom is -0.363 e. The van der Waals surface area contributed by atoms with Crippen LogP contribution in [0.3, 0.4) is 0 Å². The van der Waals surface area contributed by atoms with Gasteiger partial charge in [0.15, 0.2) is 5.82 Å². The first kappa shape index (κ1) is 17.4. The summed E-state index contributed by atoms with van der Waals surface area (Å²) in [5.74, 6) is 1.13. The van der Waals surface area contributed by atoms with Crippen LogP contribution in [0.1, 0.15) is 23.7 Å². The molecule has 1 saturated heterocycles. The highest BCUT2D eigenvalue weighted by atomic mass is 16.6. The molecule has 1 aromatic carbocycles. The Labute approximate surface area is 155 Å². The Morgan fingerprint density at radius 3 is 2.70 bits per heavy atom. The molecule has 0 unspecified atom stereocenters. The van der Waals surface area contributed by atoms with Gasteiger partial charge >= 0.3 is 0 Å². The van der Waals surface area contributed by atoms with Gasteiger partial charge in [-0.3, -0.25) is 19.8 Å². The van der Waals surface area contributed by atoms with E-state index in [2.05, 4.69) is 20.4 Å². The standard InChI is InChI=1S/C17H20N6O4/c1-11-18-16(20-27-11)10-21-4-6-22(7-5-21)14-9-13-12(2-3-17(24)19-13)8-15(14)23(25)26/h8-9H,2-7,10H2,1H3,(H,19,24). The molecule has 10 nitrogen and oxygen atoms in total. The molecule has 2 aromatic rings. The molecule has 2 aliphatic rings. The fraction of sp³-hybridized carbons (Fsp3) is 0.471. The number of benzene rings is 1. The van der Waals surface area contributed by atoms with Crippen LogP contribution in [0.5, 0.6) is 0 Å². The van der Waals surface area contributed by atoms with Crippen molar-refractivity contribution >= 4 is 23.0 Å². The van der Waals surface area contributed by atoms with Crippen LogP contribution in [0, 0.1) is 17.0 Å². The maximum Gasteiger partial charge on any atom is 0.292 e. The normalized spacial score (nSPS) is 17.5. The molecule has 0 radical (unpaired) electrons. The fourth-order valence-electron chi connectivity index (χ4n) is 3.56. The lowest BCUT2D eigenvalue weighted by Gasteiger charge is -2.35. The van der Waals surface area contributed by atoms with Crippen molar-refractivity contribution in [3.05, 3.63) is 39.5 Å². The summed E-state index contributed by atoms with van der Waals surface area (Å²) in [7, 11) is 0. The lowest BCUT2D eigenvalue weighted by atomic mass is 10.0. The molecule has 27 heavy (non-hydrogen) atoms. The van der Waals surface area contributed by atoms with Gasteiger partial charge in [-0.1, -0.05) is 5.16 Å². The Morgan fingerprint density at radius 2 is 2.04 bits per heavy atom. The minimum absolute atomic E-state index is 0.0532. The molecule has 0 atom stereocenters. The van der Waals surface area contributed by atoms with Crippen molar-refractivity contribution in [1.82, 2.24) is 15.0 Å². The molecule has 4 rings (SSSR count). The van der Waals surface area contributed by atoms with Crippen LogP contribution >= 0.6 is 0 Å². The van der Waals surface area contributed by atoms with Gasteiger partial charge in [-0.25, -0.2) is 0 Å². The highest BCUT2D eigenvalue weighted by Crippen LogP contribution is 2.36. The largest absolute Gasteiger partial charge is 0.363 e. The summed E-state index contributed by atoms with van der Waals surface area (Å²) in [4.78, 5) is 31.3. The van der Waals surface area contributed by atoms with Crippen molar-refractivity contribution in [1.29, 1.82) is 0 Å². The molecule has 1 aromatic heterocycles. The lowest BCUT2D eigenvalue weighted by Crippen LogP contribution is -2.46. The highest BCUT2D eigenvalue weighted by Gasteiger charge is 2.28. The van der Waals surface area contributed by atoms with Gasteiger partial charge in [0.25, 0.3) is 5.69 Å². The number of amides is 1. The zero-order valence-corrected chi connectivity index (χ0v) is 15.0. The van der Waals surface area contributed by atoms with E-state index >= 15 is 0 Å². The predicted molar refractivity (Wildman–Crippen MR) is 96.6 cm³/mol. The summed E-state index contributed by atoms with van der Waals surface area (Å²) in [5.41, 5.74) is 2.14.